The van der Waals surface area contributed by atoms with Gasteiger partial charge < -0.3 is 28.9 Å². The molecule has 0 bridgehead atoms. The molecular formula is C14H21NO7. The van der Waals surface area contributed by atoms with Gasteiger partial charge in [-0.25, -0.2) is 4.98 Å². The van der Waals surface area contributed by atoms with Gasteiger partial charge in [-0.2, -0.15) is 4.89 Å². The van der Waals surface area contributed by atoms with Crippen molar-refractivity contribution >= 4 is 0 Å². The molecule has 1 aliphatic rings. The van der Waals surface area contributed by atoms with E-state index in [0.717, 1.165) is 0 Å². The summed E-state index contributed by atoms with van der Waals surface area (Å²) < 4.78 is 21.0. The van der Waals surface area contributed by atoms with Crippen molar-refractivity contribution in [3.63, 3.8) is 0 Å². The summed E-state index contributed by atoms with van der Waals surface area (Å²) in [5, 5.41) is 9.83. The fourth-order valence-electron chi connectivity index (χ4n) is 1.75. The molecule has 0 amide bonds. The third-order valence-corrected chi connectivity index (χ3v) is 2.77. The van der Waals surface area contributed by atoms with Crippen LogP contribution >= 0.6 is 0 Å². The molecule has 2 rings (SSSR count). The van der Waals surface area contributed by atoms with E-state index in [2.05, 4.69) is 4.98 Å². The molecule has 0 aromatic carbocycles. The minimum atomic E-state index is -0.493. The van der Waals surface area contributed by atoms with Crippen molar-refractivity contribution in [2.24, 2.45) is 0 Å². The zero-order valence-electron chi connectivity index (χ0n) is 12.5. The highest BCUT2D eigenvalue weighted by molar-refractivity contribution is 5.35. The normalized spacial score (nSPS) is 15.3. The van der Waals surface area contributed by atoms with E-state index in [4.69, 9.17) is 28.7 Å². The second kappa shape index (κ2) is 9.54. The molecule has 0 saturated carbocycles. The molecule has 1 aromatic heterocycles. The van der Waals surface area contributed by atoms with Gasteiger partial charge in [0.05, 0.1) is 33.0 Å². The number of pyridine rings is 1. The molecule has 0 unspecified atom stereocenters. The Labute approximate surface area is 128 Å². The van der Waals surface area contributed by atoms with Gasteiger partial charge in [0.25, 0.3) is 5.88 Å². The smallest absolute Gasteiger partial charge is 0.298 e. The molecule has 0 spiro atoms. The van der Waals surface area contributed by atoms with Crippen LogP contribution in [-0.2, 0) is 23.8 Å². The van der Waals surface area contributed by atoms with Crippen molar-refractivity contribution in [2.75, 3.05) is 46.2 Å². The van der Waals surface area contributed by atoms with Gasteiger partial charge in [-0.05, 0) is 13.0 Å². The Morgan fingerprint density at radius 3 is 2.64 bits per heavy atom. The number of aromatic nitrogens is 1. The summed E-state index contributed by atoms with van der Waals surface area (Å²) in [6.07, 6.45) is 1.01. The quantitative estimate of drug-likeness (QED) is 0.391. The lowest BCUT2D eigenvalue weighted by atomic mass is 10.2. The molecule has 22 heavy (non-hydrogen) atoms. The van der Waals surface area contributed by atoms with Crippen LogP contribution < -0.4 is 4.89 Å². The van der Waals surface area contributed by atoms with Crippen LogP contribution in [0.5, 0.6) is 11.6 Å². The predicted molar refractivity (Wildman–Crippen MR) is 74.4 cm³/mol. The van der Waals surface area contributed by atoms with Crippen LogP contribution in [0.15, 0.2) is 12.3 Å². The Balaban J connectivity index is 1.65. The highest BCUT2D eigenvalue weighted by Gasteiger charge is 2.20. The molecule has 1 fully saturated rings. The van der Waals surface area contributed by atoms with Gasteiger partial charge in [0.2, 0.25) is 0 Å². The van der Waals surface area contributed by atoms with Crippen LogP contribution in [0.3, 0.4) is 0 Å². The SMILES string of the molecule is CCOCCOCCOOc1ncc(C2OCCO2)cc1O. The summed E-state index contributed by atoms with van der Waals surface area (Å²) in [5.74, 6) is -0.162. The van der Waals surface area contributed by atoms with Gasteiger partial charge in [0, 0.05) is 18.4 Å². The lowest BCUT2D eigenvalue weighted by Gasteiger charge is -2.11. The largest absolute Gasteiger partial charge is 0.503 e. The average molecular weight is 315 g/mol. The highest BCUT2D eigenvalue weighted by atomic mass is 17.2. The van der Waals surface area contributed by atoms with E-state index in [1.54, 1.807) is 0 Å². The molecule has 0 atom stereocenters. The standard InChI is InChI=1S/C14H21NO7/c1-2-17-3-4-18-5-8-21-22-13-12(16)9-11(10-15-13)14-19-6-7-20-14/h9-10,14,16H,2-8H2,1H3. The summed E-state index contributed by atoms with van der Waals surface area (Å²) in [4.78, 5) is 13.8. The van der Waals surface area contributed by atoms with Crippen LogP contribution in [0.2, 0.25) is 0 Å². The summed E-state index contributed by atoms with van der Waals surface area (Å²) in [5.41, 5.74) is 0.626. The number of ether oxygens (including phenoxy) is 4. The van der Waals surface area contributed by atoms with Gasteiger partial charge in [0.1, 0.15) is 6.61 Å². The number of rotatable bonds is 10. The van der Waals surface area contributed by atoms with Crippen molar-refractivity contribution in [3.05, 3.63) is 17.8 Å². The second-order valence-electron chi connectivity index (χ2n) is 4.38. The van der Waals surface area contributed by atoms with Crippen molar-refractivity contribution in [1.82, 2.24) is 4.98 Å². The zero-order chi connectivity index (χ0) is 15.6. The van der Waals surface area contributed by atoms with Crippen LogP contribution in [0, 0.1) is 0 Å². The fraction of sp³-hybridized carbons (Fsp3) is 0.643. The Hall–Kier alpha value is -1.45. The van der Waals surface area contributed by atoms with Crippen LogP contribution in [0.25, 0.3) is 0 Å². The van der Waals surface area contributed by atoms with E-state index in [-0.39, 0.29) is 18.2 Å². The van der Waals surface area contributed by atoms with E-state index in [1.807, 2.05) is 6.92 Å². The molecule has 0 aliphatic carbocycles. The number of hydrogen-bond donors (Lipinski definition) is 1. The maximum absolute atomic E-state index is 9.83. The van der Waals surface area contributed by atoms with Gasteiger partial charge in [-0.3, -0.25) is 0 Å². The van der Waals surface area contributed by atoms with E-state index in [9.17, 15) is 5.11 Å². The van der Waals surface area contributed by atoms with Gasteiger partial charge >= 0.3 is 0 Å². The lowest BCUT2D eigenvalue weighted by molar-refractivity contribution is -0.219. The summed E-state index contributed by atoms with van der Waals surface area (Å²) >= 11 is 0. The van der Waals surface area contributed by atoms with Gasteiger partial charge in [-0.15, -0.1) is 0 Å². The average Bonchev–Trinajstić information content (AvgIpc) is 3.05. The summed E-state index contributed by atoms with van der Waals surface area (Å²) in [6.45, 7) is 5.25. The zero-order valence-corrected chi connectivity index (χ0v) is 12.5. The third-order valence-electron chi connectivity index (χ3n) is 2.77. The monoisotopic (exact) mass is 315 g/mol. The minimum absolute atomic E-state index is 0.0175. The van der Waals surface area contributed by atoms with Crippen molar-refractivity contribution in [3.8, 4) is 11.6 Å². The molecule has 1 aromatic rings. The molecule has 1 saturated heterocycles. The molecule has 1 N–H and O–H groups in total. The Morgan fingerprint density at radius 1 is 1.18 bits per heavy atom. The Bertz CT molecular complexity index is 437. The summed E-state index contributed by atoms with van der Waals surface area (Å²) in [6, 6.07) is 1.47. The predicted octanol–water partition coefficient (Wildman–Crippen LogP) is 1.20. The molecule has 0 radical (unpaired) electrons. The topological polar surface area (TPSA) is 88.5 Å². The van der Waals surface area contributed by atoms with Crippen LogP contribution in [0.1, 0.15) is 18.8 Å². The fourth-order valence-corrected chi connectivity index (χ4v) is 1.75. The molecule has 8 heteroatoms. The van der Waals surface area contributed by atoms with Crippen LogP contribution in [0.4, 0.5) is 0 Å². The Morgan fingerprint density at radius 2 is 1.91 bits per heavy atom. The molecule has 8 nitrogen and oxygen atoms in total. The van der Waals surface area contributed by atoms with Crippen LogP contribution in [-0.4, -0.2) is 56.3 Å². The minimum Gasteiger partial charge on any atom is -0.503 e. The molecule has 2 heterocycles. The number of aromatic hydroxyl groups is 1. The Kier molecular flexibility index (Phi) is 7.34. The maximum Gasteiger partial charge on any atom is 0.298 e. The van der Waals surface area contributed by atoms with Crippen molar-refractivity contribution in [1.29, 1.82) is 0 Å². The first-order valence-corrected chi connectivity index (χ1v) is 7.18. The van der Waals surface area contributed by atoms with Crippen molar-refractivity contribution in [2.45, 2.75) is 13.2 Å². The van der Waals surface area contributed by atoms with E-state index >= 15 is 0 Å². The first-order valence-electron chi connectivity index (χ1n) is 7.18. The van der Waals surface area contributed by atoms with Gasteiger partial charge in [-0.1, -0.05) is 0 Å². The lowest BCUT2D eigenvalue weighted by Crippen LogP contribution is -2.11. The first kappa shape index (κ1) is 16.9. The molecule has 1 aliphatic heterocycles. The maximum atomic E-state index is 9.83. The number of nitrogens with zero attached hydrogens (tertiary/aromatic N) is 1. The highest BCUT2D eigenvalue weighted by Crippen LogP contribution is 2.30. The second-order valence-corrected chi connectivity index (χ2v) is 4.38. The molecule has 124 valence electrons. The van der Waals surface area contributed by atoms with E-state index in [0.29, 0.717) is 45.2 Å². The first-order chi connectivity index (χ1) is 10.8. The van der Waals surface area contributed by atoms with E-state index < -0.39 is 6.29 Å². The van der Waals surface area contributed by atoms with Crippen molar-refractivity contribution < 1.29 is 33.8 Å². The molecular weight excluding hydrogens is 294 g/mol. The van der Waals surface area contributed by atoms with Gasteiger partial charge in [0.15, 0.2) is 12.0 Å². The summed E-state index contributed by atoms with van der Waals surface area (Å²) in [7, 11) is 0. The number of hydrogen-bond acceptors (Lipinski definition) is 8. The third kappa shape index (κ3) is 5.39. The van der Waals surface area contributed by atoms with E-state index in [1.165, 1.54) is 12.3 Å².